The van der Waals surface area contributed by atoms with Crippen LogP contribution in [-0.4, -0.2) is 0 Å². The molecule has 1 aromatic heterocycles. The molecule has 0 fully saturated rings. The van der Waals surface area contributed by atoms with Gasteiger partial charge in [-0.05, 0) is 30.2 Å². The Balaban J connectivity index is 2.17. The number of nitrogens with two attached hydrogens (primary N) is 1. The molecule has 84 valence electrons. The third-order valence-corrected chi connectivity index (χ3v) is 2.47. The lowest BCUT2D eigenvalue weighted by atomic mass is 10.0. The largest absolute Gasteiger partial charge is 0.468 e. The summed E-state index contributed by atoms with van der Waals surface area (Å²) >= 11 is 0. The van der Waals surface area contributed by atoms with Crippen molar-refractivity contribution in [2.45, 2.75) is 12.5 Å². The fourth-order valence-corrected chi connectivity index (χ4v) is 1.62. The quantitative estimate of drug-likeness (QED) is 0.613. The molecule has 0 aliphatic heterocycles. The first kappa shape index (κ1) is 10.9. The molecule has 0 amide bonds. The molecule has 0 radical (unpaired) electrons. The Kier molecular flexibility index (Phi) is 3.34. The van der Waals surface area contributed by atoms with Crippen LogP contribution in [0.5, 0.6) is 0 Å². The number of furan rings is 1. The van der Waals surface area contributed by atoms with Gasteiger partial charge in [-0.15, -0.1) is 0 Å². The van der Waals surface area contributed by atoms with E-state index in [1.807, 2.05) is 6.07 Å². The molecule has 0 bridgehead atoms. The molecule has 2 aromatic rings. The van der Waals surface area contributed by atoms with Crippen molar-refractivity contribution in [1.29, 1.82) is 0 Å². The number of hydrogen-bond acceptors (Lipinski definition) is 3. The van der Waals surface area contributed by atoms with Gasteiger partial charge in [0.2, 0.25) is 0 Å². The summed E-state index contributed by atoms with van der Waals surface area (Å²) in [5.74, 6) is 5.90. The molecule has 1 atom stereocenters. The predicted molar refractivity (Wildman–Crippen MR) is 58.9 cm³/mol. The predicted octanol–water partition coefficient (Wildman–Crippen LogP) is 2.17. The molecule has 0 saturated carbocycles. The van der Waals surface area contributed by atoms with E-state index in [2.05, 4.69) is 5.43 Å². The summed E-state index contributed by atoms with van der Waals surface area (Å²) in [6, 6.07) is 10.0. The summed E-state index contributed by atoms with van der Waals surface area (Å²) in [4.78, 5) is 0. The molecule has 3 N–H and O–H groups in total. The molecule has 3 nitrogen and oxygen atoms in total. The van der Waals surface area contributed by atoms with Gasteiger partial charge in [-0.25, -0.2) is 9.82 Å². The van der Waals surface area contributed by atoms with Crippen LogP contribution in [0.4, 0.5) is 4.39 Å². The Hall–Kier alpha value is -1.65. The van der Waals surface area contributed by atoms with Gasteiger partial charge < -0.3 is 4.42 Å². The third kappa shape index (κ3) is 2.29. The number of hydrogen-bond donors (Lipinski definition) is 2. The molecular weight excluding hydrogens is 207 g/mol. The standard InChI is InChI=1S/C12H13FN2O/c13-10-5-2-1-4-9(10)8-11(15-14)12-6-3-7-16-12/h1-7,11,15H,8,14H2. The van der Waals surface area contributed by atoms with Crippen LogP contribution in [-0.2, 0) is 6.42 Å². The van der Waals surface area contributed by atoms with Crippen molar-refractivity contribution < 1.29 is 8.81 Å². The number of halogens is 1. The summed E-state index contributed by atoms with van der Waals surface area (Å²) in [6.07, 6.45) is 2.03. The van der Waals surface area contributed by atoms with Crippen LogP contribution < -0.4 is 11.3 Å². The Morgan fingerprint density at radius 2 is 2.06 bits per heavy atom. The van der Waals surface area contributed by atoms with E-state index >= 15 is 0 Å². The highest BCUT2D eigenvalue weighted by molar-refractivity contribution is 5.20. The molecule has 1 aromatic carbocycles. The van der Waals surface area contributed by atoms with E-state index < -0.39 is 0 Å². The van der Waals surface area contributed by atoms with E-state index in [0.717, 1.165) is 0 Å². The van der Waals surface area contributed by atoms with Crippen molar-refractivity contribution >= 4 is 0 Å². The van der Waals surface area contributed by atoms with Gasteiger partial charge in [0.05, 0.1) is 12.3 Å². The molecule has 0 spiro atoms. The van der Waals surface area contributed by atoms with Crippen molar-refractivity contribution in [3.63, 3.8) is 0 Å². The third-order valence-electron chi connectivity index (χ3n) is 2.47. The average Bonchev–Trinajstić information content (AvgIpc) is 2.81. The van der Waals surface area contributed by atoms with Crippen molar-refractivity contribution in [3.8, 4) is 0 Å². The zero-order valence-electron chi connectivity index (χ0n) is 8.69. The Morgan fingerprint density at radius 3 is 2.69 bits per heavy atom. The van der Waals surface area contributed by atoms with Crippen LogP contribution in [0, 0.1) is 5.82 Å². The molecule has 1 unspecified atom stereocenters. The molecule has 16 heavy (non-hydrogen) atoms. The molecule has 0 aliphatic carbocycles. The fourth-order valence-electron chi connectivity index (χ4n) is 1.62. The Morgan fingerprint density at radius 1 is 1.25 bits per heavy atom. The minimum atomic E-state index is -0.227. The number of hydrazine groups is 1. The molecule has 2 rings (SSSR count). The Labute approximate surface area is 93.0 Å². The van der Waals surface area contributed by atoms with Crippen molar-refractivity contribution in [3.05, 3.63) is 59.8 Å². The second-order valence-electron chi connectivity index (χ2n) is 3.53. The fraction of sp³-hybridized carbons (Fsp3) is 0.167. The number of rotatable bonds is 4. The summed E-state index contributed by atoms with van der Waals surface area (Å²) in [5.41, 5.74) is 3.23. The first-order chi connectivity index (χ1) is 7.81. The van der Waals surface area contributed by atoms with Crippen molar-refractivity contribution in [2.24, 2.45) is 5.84 Å². The summed E-state index contributed by atoms with van der Waals surface area (Å²) < 4.78 is 18.7. The van der Waals surface area contributed by atoms with E-state index in [4.69, 9.17) is 10.3 Å². The smallest absolute Gasteiger partial charge is 0.126 e. The summed E-state index contributed by atoms with van der Waals surface area (Å²) in [5, 5.41) is 0. The topological polar surface area (TPSA) is 51.2 Å². The minimum Gasteiger partial charge on any atom is -0.468 e. The first-order valence-corrected chi connectivity index (χ1v) is 5.04. The maximum atomic E-state index is 13.4. The van der Waals surface area contributed by atoms with E-state index in [1.165, 1.54) is 6.07 Å². The van der Waals surface area contributed by atoms with Gasteiger partial charge in [0.15, 0.2) is 0 Å². The van der Waals surface area contributed by atoms with Gasteiger partial charge in [0, 0.05) is 0 Å². The van der Waals surface area contributed by atoms with Gasteiger partial charge in [-0.1, -0.05) is 18.2 Å². The van der Waals surface area contributed by atoms with Crippen LogP contribution >= 0.6 is 0 Å². The van der Waals surface area contributed by atoms with E-state index in [0.29, 0.717) is 17.7 Å². The molecule has 0 aliphatic rings. The van der Waals surface area contributed by atoms with Crippen LogP contribution in [0.15, 0.2) is 47.1 Å². The zero-order valence-corrected chi connectivity index (χ0v) is 8.69. The molecular formula is C12H13FN2O. The lowest BCUT2D eigenvalue weighted by Crippen LogP contribution is -2.29. The van der Waals surface area contributed by atoms with Crippen molar-refractivity contribution in [1.82, 2.24) is 5.43 Å². The lowest BCUT2D eigenvalue weighted by molar-refractivity contribution is 0.412. The highest BCUT2D eigenvalue weighted by atomic mass is 19.1. The summed E-state index contributed by atoms with van der Waals surface area (Å²) in [6.45, 7) is 0. The second-order valence-corrected chi connectivity index (χ2v) is 3.53. The van der Waals surface area contributed by atoms with Crippen LogP contribution in [0.1, 0.15) is 17.4 Å². The normalized spacial score (nSPS) is 12.6. The van der Waals surface area contributed by atoms with Crippen LogP contribution in [0.3, 0.4) is 0 Å². The molecule has 4 heteroatoms. The highest BCUT2D eigenvalue weighted by Crippen LogP contribution is 2.19. The SMILES string of the molecule is NNC(Cc1ccccc1F)c1ccco1. The lowest BCUT2D eigenvalue weighted by Gasteiger charge is -2.13. The highest BCUT2D eigenvalue weighted by Gasteiger charge is 2.14. The Bertz CT molecular complexity index is 442. The number of benzene rings is 1. The monoisotopic (exact) mass is 220 g/mol. The van der Waals surface area contributed by atoms with E-state index in [-0.39, 0.29) is 11.9 Å². The van der Waals surface area contributed by atoms with Gasteiger partial charge in [-0.3, -0.25) is 5.84 Å². The molecule has 0 saturated heterocycles. The second kappa shape index (κ2) is 4.92. The van der Waals surface area contributed by atoms with E-state index in [9.17, 15) is 4.39 Å². The van der Waals surface area contributed by atoms with Gasteiger partial charge in [0.25, 0.3) is 0 Å². The van der Waals surface area contributed by atoms with Crippen LogP contribution in [0.25, 0.3) is 0 Å². The van der Waals surface area contributed by atoms with Gasteiger partial charge in [0.1, 0.15) is 11.6 Å². The van der Waals surface area contributed by atoms with Crippen LogP contribution in [0.2, 0.25) is 0 Å². The van der Waals surface area contributed by atoms with Crippen molar-refractivity contribution in [2.75, 3.05) is 0 Å². The average molecular weight is 220 g/mol. The van der Waals surface area contributed by atoms with Gasteiger partial charge in [-0.2, -0.15) is 0 Å². The maximum Gasteiger partial charge on any atom is 0.126 e. The maximum absolute atomic E-state index is 13.4. The zero-order chi connectivity index (χ0) is 11.4. The van der Waals surface area contributed by atoms with E-state index in [1.54, 1.807) is 30.5 Å². The van der Waals surface area contributed by atoms with Gasteiger partial charge >= 0.3 is 0 Å². The first-order valence-electron chi connectivity index (χ1n) is 5.04. The molecule has 1 heterocycles. The summed E-state index contributed by atoms with van der Waals surface area (Å²) in [7, 11) is 0. The number of nitrogens with one attached hydrogen (secondary N) is 1. The minimum absolute atomic E-state index is 0.216.